The van der Waals surface area contributed by atoms with Crippen molar-refractivity contribution in [2.75, 3.05) is 25.5 Å². The number of methoxy groups -OCH3 is 1. The molecule has 190 valence electrons. The number of aromatic nitrogens is 2. The van der Waals surface area contributed by atoms with Crippen molar-refractivity contribution in [3.8, 4) is 0 Å². The molecule has 2 fully saturated rings. The molecule has 4 aliphatic heterocycles. The summed E-state index contributed by atoms with van der Waals surface area (Å²) in [6, 6.07) is 8.58. The first-order valence-corrected chi connectivity index (χ1v) is 12.2. The third-order valence-electron chi connectivity index (χ3n) is 6.38. The van der Waals surface area contributed by atoms with Crippen molar-refractivity contribution in [2.24, 2.45) is 4.99 Å². The van der Waals surface area contributed by atoms with Crippen LogP contribution in [-0.2, 0) is 24.9 Å². The Kier molecular flexibility index (Phi) is 7.16. The third-order valence-corrected chi connectivity index (χ3v) is 8.07. The lowest BCUT2D eigenvalue weighted by molar-refractivity contribution is -0.0472. The molecule has 0 bridgehead atoms. The first-order valence-electron chi connectivity index (χ1n) is 12.2. The van der Waals surface area contributed by atoms with Gasteiger partial charge in [-0.1, -0.05) is 18.2 Å². The molecule has 4 unspecified atom stereocenters. The predicted molar refractivity (Wildman–Crippen MR) is 137 cm³/mol. The Morgan fingerprint density at radius 1 is 1.37 bits per heavy atom. The third kappa shape index (κ3) is 4.44. The van der Waals surface area contributed by atoms with Crippen molar-refractivity contribution in [3.63, 3.8) is 0 Å². The maximum atomic E-state index is 12.4. The number of anilines is 1. The highest BCUT2D eigenvalue weighted by molar-refractivity contribution is 7.59. The molecule has 2 saturated heterocycles. The number of rotatable bonds is 4. The van der Waals surface area contributed by atoms with Crippen LogP contribution in [0.3, 0.4) is 0 Å². The van der Waals surface area contributed by atoms with Crippen LogP contribution in [0.2, 0.25) is 0 Å². The number of Topliss-reactive ketones (excluding diaryl/α,β-unsaturated/α-hetero) is 1. The van der Waals surface area contributed by atoms with E-state index in [1.165, 1.54) is 12.7 Å². The van der Waals surface area contributed by atoms with Crippen molar-refractivity contribution >= 4 is 45.0 Å². The number of carbonyl (C=O) groups excluding carboxylic acids is 1. The summed E-state index contributed by atoms with van der Waals surface area (Å²) in [4.78, 5) is 21.2. The number of para-hydroxylation sites is 1. The number of benzene rings is 1. The van der Waals surface area contributed by atoms with E-state index in [0.717, 1.165) is 17.8 Å². The second-order valence-electron chi connectivity index (χ2n) is 8.47. The van der Waals surface area contributed by atoms with E-state index in [1.807, 2.05) is 13.0 Å². The van der Waals surface area contributed by atoms with E-state index in [0.29, 0.717) is 18.1 Å². The first kappa shape index (κ1) is 23.5. The summed E-state index contributed by atoms with van der Waals surface area (Å²) in [6.07, 6.45) is 0.592. The zero-order valence-corrected chi connectivity index (χ0v) is 21.7. The van der Waals surface area contributed by atoms with E-state index < -0.39 is 33.1 Å². The molecule has 6 atom stereocenters. The molecule has 10 nitrogen and oxygen atoms in total. The minimum Gasteiger partial charge on any atom is -0.400 e. The van der Waals surface area contributed by atoms with Crippen LogP contribution < -0.4 is 4.67 Å². The summed E-state index contributed by atoms with van der Waals surface area (Å²) in [5, 5.41) is 3.50. The van der Waals surface area contributed by atoms with E-state index in [1.54, 1.807) is 18.0 Å². The second-order valence-corrected chi connectivity index (χ2v) is 9.85. The first-order chi connectivity index (χ1) is 17.5. The van der Waals surface area contributed by atoms with Gasteiger partial charge < -0.3 is 28.3 Å². The van der Waals surface area contributed by atoms with Crippen LogP contribution in [0.1, 0.15) is 43.9 Å². The molecule has 1 aromatic heterocycles. The molecule has 6 rings (SSSR count). The topological polar surface area (TPSA) is 108 Å². The summed E-state index contributed by atoms with van der Waals surface area (Å²) in [5.74, 6) is 0.408. The maximum Gasteiger partial charge on any atom is 0.290 e. The van der Waals surface area contributed by atoms with E-state index in [-0.39, 0.29) is 38.6 Å². The van der Waals surface area contributed by atoms with Crippen LogP contribution in [0, 0.1) is 0 Å². The lowest BCUT2D eigenvalue weighted by Gasteiger charge is -2.29. The summed E-state index contributed by atoms with van der Waals surface area (Å²) in [7, 11) is 1.53. The van der Waals surface area contributed by atoms with E-state index in [9.17, 15) is 4.79 Å². The molecule has 0 amide bonds. The number of hydrogen-bond donors (Lipinski definition) is 1. The van der Waals surface area contributed by atoms with Crippen LogP contribution >= 0.6 is 22.0 Å². The Balaban J connectivity index is 0.000000765. The summed E-state index contributed by atoms with van der Waals surface area (Å²) in [6.45, 7) is 2.43. The Morgan fingerprint density at radius 3 is 2.94 bits per heavy atom. The summed E-state index contributed by atoms with van der Waals surface area (Å²) >= 11 is 0. The van der Waals surface area contributed by atoms with Gasteiger partial charge in [0.1, 0.15) is 12.2 Å². The molecule has 12 heteroatoms. The van der Waals surface area contributed by atoms with Gasteiger partial charge in [-0.05, 0) is 31.9 Å². The fraction of sp³-hybridized carbons (Fsp3) is 0.522. The van der Waals surface area contributed by atoms with E-state index in [2.05, 4.69) is 38.0 Å². The number of fused-ring (bicyclic) bond motifs is 4. The average molecular weight is 526 g/mol. The molecule has 0 saturated carbocycles. The SMILES string of the molecule is S.[2H]CC1OC(n2cnc3c2N=C(C)CC3=O)C(OC)C1O[P@@]1OC[C@@H]2Cc3ccccc3N21.[3H]OC. The highest BCUT2D eigenvalue weighted by atomic mass is 32.1. The Hall–Kier alpha value is -1.85. The number of aliphatic hydroxyl groups is 1. The smallest absolute Gasteiger partial charge is 0.290 e. The molecule has 4 aliphatic rings. The number of ether oxygens (including phenoxy) is 2. The predicted octanol–water partition coefficient (Wildman–Crippen LogP) is 3.29. The van der Waals surface area contributed by atoms with Crippen molar-refractivity contribution in [1.29, 1.82) is 1.43 Å². The fourth-order valence-corrected chi connectivity index (χ4v) is 6.72. The van der Waals surface area contributed by atoms with Gasteiger partial charge in [0.25, 0.3) is 8.53 Å². The number of aliphatic hydroxyl groups excluding tert-OH is 1. The molecular formula is C23H31N4O6PS. The van der Waals surface area contributed by atoms with Crippen LogP contribution in [-0.4, -0.2) is 72.8 Å². The van der Waals surface area contributed by atoms with Gasteiger partial charge in [0.15, 0.2) is 23.5 Å². The normalized spacial score (nSPS) is 31.3. The maximum absolute atomic E-state index is 12.4. The Morgan fingerprint density at radius 2 is 2.17 bits per heavy atom. The number of carbonyl (C=O) groups is 1. The van der Waals surface area contributed by atoms with E-state index >= 15 is 0 Å². The molecule has 1 N–H and O–H groups in total. The van der Waals surface area contributed by atoms with Gasteiger partial charge in [-0.3, -0.25) is 9.36 Å². The van der Waals surface area contributed by atoms with Gasteiger partial charge in [0.05, 0.1) is 31.5 Å². The minimum absolute atomic E-state index is 0. The van der Waals surface area contributed by atoms with Crippen LogP contribution in [0.5, 0.6) is 0 Å². The molecule has 35 heavy (non-hydrogen) atoms. The second kappa shape index (κ2) is 10.6. The molecule has 1 aromatic carbocycles. The molecule has 2 aromatic rings. The van der Waals surface area contributed by atoms with Gasteiger partial charge >= 0.3 is 0 Å². The molecule has 0 radical (unpaired) electrons. The lowest BCUT2D eigenvalue weighted by Crippen LogP contribution is -2.35. The van der Waals surface area contributed by atoms with Gasteiger partial charge in [-0.2, -0.15) is 13.5 Å². The Bertz CT molecular complexity index is 1160. The molecule has 5 heterocycles. The highest BCUT2D eigenvalue weighted by Gasteiger charge is 2.51. The molecular weight excluding hydrogens is 491 g/mol. The van der Waals surface area contributed by atoms with Gasteiger partial charge in [-0.15, -0.1) is 0 Å². The van der Waals surface area contributed by atoms with Crippen LogP contribution in [0.25, 0.3) is 0 Å². The summed E-state index contributed by atoms with van der Waals surface area (Å²) < 4.78 is 42.5. The van der Waals surface area contributed by atoms with Crippen molar-refractivity contribution in [3.05, 3.63) is 41.9 Å². The highest BCUT2D eigenvalue weighted by Crippen LogP contribution is 2.58. The van der Waals surface area contributed by atoms with Gasteiger partial charge in [0, 0.05) is 27.0 Å². The number of hydrogen-bond acceptors (Lipinski definition) is 9. The van der Waals surface area contributed by atoms with Crippen molar-refractivity contribution in [1.82, 2.24) is 9.55 Å². The minimum atomic E-state index is -1.36. The van der Waals surface area contributed by atoms with Crippen molar-refractivity contribution in [2.45, 2.75) is 57.2 Å². The molecule has 0 aliphatic carbocycles. The largest absolute Gasteiger partial charge is 0.400 e. The number of aliphatic imine (C=N–C) groups is 1. The van der Waals surface area contributed by atoms with Crippen LogP contribution in [0.15, 0.2) is 35.6 Å². The average Bonchev–Trinajstić information content (AvgIpc) is 3.61. The van der Waals surface area contributed by atoms with Gasteiger partial charge in [0.2, 0.25) is 1.43 Å². The summed E-state index contributed by atoms with van der Waals surface area (Å²) in [5.41, 5.74) is 3.51. The zero-order valence-electron chi connectivity index (χ0n) is 21.8. The number of nitrogens with zero attached hydrogens (tertiary/aromatic N) is 4. The monoisotopic (exact) mass is 525 g/mol. The van der Waals surface area contributed by atoms with E-state index in [4.69, 9.17) is 21.3 Å². The fourth-order valence-electron chi connectivity index (χ4n) is 4.89. The zero-order chi connectivity index (χ0) is 25.4. The number of imidazole rings is 1. The molecule has 0 spiro atoms. The Labute approximate surface area is 215 Å². The van der Waals surface area contributed by atoms with Crippen LogP contribution in [0.4, 0.5) is 11.5 Å². The lowest BCUT2D eigenvalue weighted by atomic mass is 10.1. The number of ketones is 1. The van der Waals surface area contributed by atoms with Crippen molar-refractivity contribution < 1.29 is 29.8 Å². The quantitative estimate of drug-likeness (QED) is 0.606. The standard InChI is InChI=1S/C22H25N4O5P.CH4O.H2S/c1-12-8-17(27)18-21(24-12)25(11-23-18)22-20(28-3)19(13(2)30-22)31-32-26-15(10-29-32)9-14-6-4-5-7-16(14)26;1-2;/h4-7,11,13,15,19-20,22H,8-10H2,1-3H3;2H,1H3;1H2/t13?,15-,19?,20?,22?,32+;;/m0../s1/i2D;2T;. The van der Waals surface area contributed by atoms with Gasteiger partial charge in [-0.25, -0.2) is 9.98 Å².